The van der Waals surface area contributed by atoms with Gasteiger partial charge < -0.3 is 10.1 Å². The highest BCUT2D eigenvalue weighted by atomic mass is 35.5. The quantitative estimate of drug-likeness (QED) is 0.712. The number of amides is 1. The van der Waals surface area contributed by atoms with Gasteiger partial charge in [-0.1, -0.05) is 17.7 Å². The molecule has 0 saturated heterocycles. The first-order chi connectivity index (χ1) is 12.6. The Bertz CT molecular complexity index is 973. The van der Waals surface area contributed by atoms with Gasteiger partial charge in [0.2, 0.25) is 10.0 Å². The minimum Gasteiger partial charge on any atom is -0.465 e. The Morgan fingerprint density at radius 2 is 1.78 bits per heavy atom. The van der Waals surface area contributed by atoms with E-state index in [-0.39, 0.29) is 32.8 Å². The fourth-order valence-electron chi connectivity index (χ4n) is 2.24. The predicted octanol–water partition coefficient (Wildman–Crippen LogP) is 3.07. The van der Waals surface area contributed by atoms with Crippen molar-refractivity contribution < 1.29 is 22.7 Å². The topological polar surface area (TPSA) is 102 Å². The van der Waals surface area contributed by atoms with Gasteiger partial charge in [0.25, 0.3) is 5.91 Å². The summed E-state index contributed by atoms with van der Waals surface area (Å²) in [7, 11) is -2.49. The second kappa shape index (κ2) is 8.51. The van der Waals surface area contributed by atoms with Gasteiger partial charge in [-0.15, -0.1) is 0 Å². The van der Waals surface area contributed by atoms with Crippen molar-refractivity contribution in [1.82, 2.24) is 4.72 Å². The van der Waals surface area contributed by atoms with Crippen molar-refractivity contribution in [3.63, 3.8) is 0 Å². The molecule has 2 aromatic rings. The first-order valence-electron chi connectivity index (χ1n) is 7.95. The standard InChI is InChI=1S/C18H19ClN2O5S/c1-11(2)21-27(24,25)14-6-4-5-12(9-14)17(22)20-16-10-13(18(23)26-3)7-8-15(16)19/h4-11,21H,1-3H3,(H,20,22). The molecule has 2 aromatic carbocycles. The maximum absolute atomic E-state index is 12.5. The molecule has 0 spiro atoms. The van der Waals surface area contributed by atoms with Gasteiger partial charge in [-0.3, -0.25) is 4.79 Å². The Kier molecular flexibility index (Phi) is 6.59. The zero-order chi connectivity index (χ0) is 20.2. The molecule has 0 aliphatic heterocycles. The fraction of sp³-hybridized carbons (Fsp3) is 0.222. The van der Waals surface area contributed by atoms with E-state index in [4.69, 9.17) is 11.6 Å². The number of ether oxygens (including phenoxy) is 1. The third-order valence-electron chi connectivity index (χ3n) is 3.43. The molecule has 144 valence electrons. The van der Waals surface area contributed by atoms with E-state index in [1.54, 1.807) is 13.8 Å². The molecule has 2 N–H and O–H groups in total. The fourth-order valence-corrected chi connectivity index (χ4v) is 3.70. The van der Waals surface area contributed by atoms with Crippen LogP contribution in [-0.4, -0.2) is 33.4 Å². The molecule has 7 nitrogen and oxygen atoms in total. The lowest BCUT2D eigenvalue weighted by molar-refractivity contribution is 0.0600. The zero-order valence-electron chi connectivity index (χ0n) is 14.9. The van der Waals surface area contributed by atoms with Crippen molar-refractivity contribution in [2.24, 2.45) is 0 Å². The van der Waals surface area contributed by atoms with Gasteiger partial charge in [-0.2, -0.15) is 0 Å². The van der Waals surface area contributed by atoms with E-state index in [1.807, 2.05) is 0 Å². The molecule has 0 heterocycles. The van der Waals surface area contributed by atoms with Gasteiger partial charge in [0, 0.05) is 11.6 Å². The molecule has 0 aliphatic carbocycles. The molecule has 0 unspecified atom stereocenters. The predicted molar refractivity (Wildman–Crippen MR) is 103 cm³/mol. The second-order valence-electron chi connectivity index (χ2n) is 5.94. The molecule has 9 heteroatoms. The maximum Gasteiger partial charge on any atom is 0.337 e. The highest BCUT2D eigenvalue weighted by Crippen LogP contribution is 2.24. The number of benzene rings is 2. The molecule has 0 aromatic heterocycles. The summed E-state index contributed by atoms with van der Waals surface area (Å²) in [5.74, 6) is -1.14. The number of halogens is 1. The largest absolute Gasteiger partial charge is 0.465 e. The van der Waals surface area contributed by atoms with E-state index in [0.29, 0.717) is 0 Å². The van der Waals surface area contributed by atoms with Crippen molar-refractivity contribution in [1.29, 1.82) is 0 Å². The highest BCUT2D eigenvalue weighted by Gasteiger charge is 2.18. The van der Waals surface area contributed by atoms with E-state index < -0.39 is 21.9 Å². The lowest BCUT2D eigenvalue weighted by atomic mass is 10.1. The van der Waals surface area contributed by atoms with Crippen LogP contribution in [0, 0.1) is 0 Å². The summed E-state index contributed by atoms with van der Waals surface area (Å²) in [5.41, 5.74) is 0.550. The van der Waals surface area contributed by atoms with Crippen molar-refractivity contribution in [3.05, 3.63) is 58.6 Å². The van der Waals surface area contributed by atoms with Crippen LogP contribution in [0.3, 0.4) is 0 Å². The minimum atomic E-state index is -3.74. The van der Waals surface area contributed by atoms with Crippen LogP contribution in [0.25, 0.3) is 0 Å². The van der Waals surface area contributed by atoms with E-state index >= 15 is 0 Å². The first kappa shape index (κ1) is 20.9. The number of nitrogens with one attached hydrogen (secondary N) is 2. The van der Waals surface area contributed by atoms with Crippen molar-refractivity contribution >= 4 is 39.2 Å². The lowest BCUT2D eigenvalue weighted by Crippen LogP contribution is -2.30. The van der Waals surface area contributed by atoms with Gasteiger partial charge in [0.15, 0.2) is 0 Å². The number of methoxy groups -OCH3 is 1. The van der Waals surface area contributed by atoms with E-state index in [1.165, 1.54) is 49.6 Å². The minimum absolute atomic E-state index is 0.0294. The van der Waals surface area contributed by atoms with Gasteiger partial charge in [-0.25, -0.2) is 17.9 Å². The van der Waals surface area contributed by atoms with Crippen LogP contribution in [0.2, 0.25) is 5.02 Å². The average Bonchev–Trinajstić information content (AvgIpc) is 2.62. The van der Waals surface area contributed by atoms with Gasteiger partial charge in [-0.05, 0) is 50.2 Å². The molecule has 0 bridgehead atoms. The molecule has 27 heavy (non-hydrogen) atoms. The second-order valence-corrected chi connectivity index (χ2v) is 8.07. The van der Waals surface area contributed by atoms with Crippen molar-refractivity contribution in [2.75, 3.05) is 12.4 Å². The number of hydrogen-bond donors (Lipinski definition) is 2. The van der Waals surface area contributed by atoms with Crippen molar-refractivity contribution in [3.8, 4) is 0 Å². The Labute approximate surface area is 162 Å². The Balaban J connectivity index is 2.30. The van der Waals surface area contributed by atoms with Crippen LogP contribution in [0.4, 0.5) is 5.69 Å². The van der Waals surface area contributed by atoms with Gasteiger partial charge in [0.05, 0.1) is 28.3 Å². The van der Waals surface area contributed by atoms with Crippen LogP contribution < -0.4 is 10.0 Å². The average molecular weight is 411 g/mol. The number of carbonyl (C=O) groups is 2. The number of anilines is 1. The Morgan fingerprint density at radius 1 is 1.07 bits per heavy atom. The lowest BCUT2D eigenvalue weighted by Gasteiger charge is -2.12. The molecule has 0 aliphatic rings. The Morgan fingerprint density at radius 3 is 2.41 bits per heavy atom. The number of rotatable bonds is 6. The number of sulfonamides is 1. The summed E-state index contributed by atoms with van der Waals surface area (Å²) in [6, 6.07) is 9.62. The number of hydrogen-bond acceptors (Lipinski definition) is 5. The van der Waals surface area contributed by atoms with Crippen LogP contribution in [0.15, 0.2) is 47.4 Å². The Hall–Kier alpha value is -2.42. The summed E-state index contributed by atoms with van der Waals surface area (Å²) in [6.45, 7) is 3.40. The van der Waals surface area contributed by atoms with Crippen LogP contribution >= 0.6 is 11.6 Å². The maximum atomic E-state index is 12.5. The summed E-state index contributed by atoms with van der Waals surface area (Å²) in [4.78, 5) is 24.1. The molecular weight excluding hydrogens is 392 g/mol. The SMILES string of the molecule is COC(=O)c1ccc(Cl)c(NC(=O)c2cccc(S(=O)(=O)NC(C)C)c2)c1. The molecule has 0 atom stereocenters. The van der Waals surface area contributed by atoms with E-state index in [9.17, 15) is 18.0 Å². The van der Waals surface area contributed by atoms with Crippen molar-refractivity contribution in [2.45, 2.75) is 24.8 Å². The third-order valence-corrected chi connectivity index (χ3v) is 5.42. The normalized spacial score (nSPS) is 11.3. The van der Waals surface area contributed by atoms with Gasteiger partial charge >= 0.3 is 5.97 Å². The monoisotopic (exact) mass is 410 g/mol. The molecule has 0 radical (unpaired) electrons. The van der Waals surface area contributed by atoms with Crippen LogP contribution in [0.1, 0.15) is 34.6 Å². The molecule has 1 amide bonds. The number of carbonyl (C=O) groups excluding carboxylic acids is 2. The first-order valence-corrected chi connectivity index (χ1v) is 9.82. The summed E-state index contributed by atoms with van der Waals surface area (Å²) in [6.07, 6.45) is 0. The third kappa shape index (κ3) is 5.29. The summed E-state index contributed by atoms with van der Waals surface area (Å²) in [5, 5.41) is 2.79. The van der Waals surface area contributed by atoms with Crippen LogP contribution in [0.5, 0.6) is 0 Å². The summed E-state index contributed by atoms with van der Waals surface area (Å²) >= 11 is 6.06. The smallest absolute Gasteiger partial charge is 0.337 e. The van der Waals surface area contributed by atoms with E-state index in [2.05, 4.69) is 14.8 Å². The van der Waals surface area contributed by atoms with Gasteiger partial charge in [0.1, 0.15) is 0 Å². The summed E-state index contributed by atoms with van der Waals surface area (Å²) < 4.78 is 31.6. The molecule has 2 rings (SSSR count). The highest BCUT2D eigenvalue weighted by molar-refractivity contribution is 7.89. The molecule has 0 fully saturated rings. The number of esters is 1. The molecule has 0 saturated carbocycles. The van der Waals surface area contributed by atoms with E-state index in [0.717, 1.165) is 0 Å². The molecular formula is C18H19ClN2O5S. The van der Waals surface area contributed by atoms with Crippen LogP contribution in [-0.2, 0) is 14.8 Å². The zero-order valence-corrected chi connectivity index (χ0v) is 16.5.